The normalized spacial score (nSPS) is 11.1. The number of ketones is 1. The van der Waals surface area contributed by atoms with E-state index >= 15 is 0 Å². The molecule has 2 heterocycles. The summed E-state index contributed by atoms with van der Waals surface area (Å²) >= 11 is 0. The van der Waals surface area contributed by atoms with E-state index in [0.717, 1.165) is 22.5 Å². The van der Waals surface area contributed by atoms with Gasteiger partial charge in [-0.15, -0.1) is 0 Å². The Balaban J connectivity index is 1.33. The van der Waals surface area contributed by atoms with E-state index in [1.54, 1.807) is 54.3 Å². The third-order valence-electron chi connectivity index (χ3n) is 6.63. The van der Waals surface area contributed by atoms with Crippen LogP contribution in [0.5, 0.6) is 5.75 Å². The minimum Gasteiger partial charge on any atom is -0.497 e. The van der Waals surface area contributed by atoms with Crippen molar-refractivity contribution in [3.8, 4) is 22.7 Å². The SMILES string of the molecule is COc1ccc(C(=O)c2oc3ccccc3c2NC(=O)/C=C/c2cn(-c3ccccc3)nc2-c2ccccc2)cc1. The molecule has 0 saturated carbocycles. The Labute approximate surface area is 236 Å². The molecule has 41 heavy (non-hydrogen) atoms. The number of ether oxygens (including phenoxy) is 1. The van der Waals surface area contributed by atoms with Crippen LogP contribution in [0.2, 0.25) is 0 Å². The molecule has 0 radical (unpaired) electrons. The molecule has 0 unspecified atom stereocenters. The van der Waals surface area contributed by atoms with Crippen molar-refractivity contribution in [2.24, 2.45) is 0 Å². The summed E-state index contributed by atoms with van der Waals surface area (Å²) in [5, 5.41) is 8.31. The fraction of sp³-hybridized carbons (Fsp3) is 0.0294. The number of nitrogens with zero attached hydrogens (tertiary/aromatic N) is 2. The van der Waals surface area contributed by atoms with Crippen molar-refractivity contribution < 1.29 is 18.7 Å². The molecule has 0 atom stereocenters. The first-order chi connectivity index (χ1) is 20.1. The summed E-state index contributed by atoms with van der Waals surface area (Å²) in [6.07, 6.45) is 5.03. The number of aromatic nitrogens is 2. The van der Waals surface area contributed by atoms with Crippen LogP contribution in [0.25, 0.3) is 34.0 Å². The first-order valence-corrected chi connectivity index (χ1v) is 13.0. The second kappa shape index (κ2) is 11.2. The Morgan fingerprint density at radius 2 is 1.54 bits per heavy atom. The summed E-state index contributed by atoms with van der Waals surface area (Å²) in [5.74, 6) is -0.0688. The minimum atomic E-state index is -0.410. The van der Waals surface area contributed by atoms with Crippen LogP contribution >= 0.6 is 0 Å². The molecule has 6 rings (SSSR count). The van der Waals surface area contributed by atoms with Crippen LogP contribution in [-0.2, 0) is 4.79 Å². The van der Waals surface area contributed by atoms with Gasteiger partial charge in [-0.1, -0.05) is 60.7 Å². The predicted molar refractivity (Wildman–Crippen MR) is 159 cm³/mol. The Morgan fingerprint density at radius 3 is 2.27 bits per heavy atom. The molecule has 0 aliphatic heterocycles. The smallest absolute Gasteiger partial charge is 0.248 e. The van der Waals surface area contributed by atoms with Crippen LogP contribution in [0.15, 0.2) is 126 Å². The lowest BCUT2D eigenvalue weighted by molar-refractivity contribution is -0.111. The molecule has 7 heteroatoms. The number of amides is 1. The molecule has 1 N–H and O–H groups in total. The molecule has 0 saturated heterocycles. The summed E-state index contributed by atoms with van der Waals surface area (Å²) < 4.78 is 12.9. The number of methoxy groups -OCH3 is 1. The number of carbonyl (C=O) groups excluding carboxylic acids is 2. The summed E-state index contributed by atoms with van der Waals surface area (Å²) in [6, 6.07) is 33.5. The van der Waals surface area contributed by atoms with Gasteiger partial charge < -0.3 is 14.5 Å². The predicted octanol–water partition coefficient (Wildman–Crippen LogP) is 7.18. The highest BCUT2D eigenvalue weighted by molar-refractivity contribution is 6.18. The fourth-order valence-electron chi connectivity index (χ4n) is 4.58. The number of anilines is 1. The summed E-state index contributed by atoms with van der Waals surface area (Å²) in [6.45, 7) is 0. The zero-order valence-corrected chi connectivity index (χ0v) is 22.2. The summed E-state index contributed by atoms with van der Waals surface area (Å²) in [7, 11) is 1.56. The minimum absolute atomic E-state index is 0.0555. The van der Waals surface area contributed by atoms with Gasteiger partial charge in [0.25, 0.3) is 0 Å². The van der Waals surface area contributed by atoms with E-state index in [1.165, 1.54) is 6.08 Å². The molecule has 0 bridgehead atoms. The summed E-state index contributed by atoms with van der Waals surface area (Å²) in [4.78, 5) is 26.7. The van der Waals surface area contributed by atoms with Crippen LogP contribution in [0.3, 0.4) is 0 Å². The number of rotatable bonds is 8. The average molecular weight is 540 g/mol. The quantitative estimate of drug-likeness (QED) is 0.164. The zero-order chi connectivity index (χ0) is 28.2. The number of carbonyl (C=O) groups is 2. The molecule has 7 nitrogen and oxygen atoms in total. The molecule has 200 valence electrons. The van der Waals surface area contributed by atoms with E-state index in [9.17, 15) is 9.59 Å². The Morgan fingerprint density at radius 1 is 0.854 bits per heavy atom. The monoisotopic (exact) mass is 539 g/mol. The highest BCUT2D eigenvalue weighted by Crippen LogP contribution is 2.33. The Bertz CT molecular complexity index is 1870. The third-order valence-corrected chi connectivity index (χ3v) is 6.63. The van der Waals surface area contributed by atoms with E-state index in [1.807, 2.05) is 79.0 Å². The van der Waals surface area contributed by atoms with Crippen LogP contribution in [-0.4, -0.2) is 28.6 Å². The second-order valence-electron chi connectivity index (χ2n) is 9.26. The number of fused-ring (bicyclic) bond motifs is 1. The molecule has 0 fully saturated rings. The van der Waals surface area contributed by atoms with Crippen LogP contribution < -0.4 is 10.1 Å². The number of furan rings is 1. The summed E-state index contributed by atoms with van der Waals surface area (Å²) in [5.41, 5.74) is 4.57. The van der Waals surface area contributed by atoms with Crippen molar-refractivity contribution >= 4 is 34.4 Å². The molecule has 0 spiro atoms. The highest BCUT2D eigenvalue weighted by Gasteiger charge is 2.23. The van der Waals surface area contributed by atoms with Gasteiger partial charge in [-0.25, -0.2) is 4.68 Å². The molecule has 1 amide bonds. The first-order valence-electron chi connectivity index (χ1n) is 13.0. The standard InChI is InChI=1S/C34H25N3O4/c1-40-27-19-16-24(17-20-27)33(39)34-32(28-14-8-9-15-29(28)41-34)35-30(38)21-18-25-22-37(26-12-6-3-7-13-26)36-31(25)23-10-4-2-5-11-23/h2-22H,1H3,(H,35,38)/b21-18+. The molecule has 0 aliphatic rings. The van der Waals surface area contributed by atoms with Gasteiger partial charge in [0.1, 0.15) is 11.3 Å². The number of hydrogen-bond acceptors (Lipinski definition) is 5. The maximum atomic E-state index is 13.4. The number of benzene rings is 4. The van der Waals surface area contributed by atoms with E-state index in [0.29, 0.717) is 28.0 Å². The van der Waals surface area contributed by atoms with Crippen molar-refractivity contribution in [1.29, 1.82) is 0 Å². The first kappa shape index (κ1) is 25.6. The van der Waals surface area contributed by atoms with Crippen molar-refractivity contribution in [3.63, 3.8) is 0 Å². The van der Waals surface area contributed by atoms with Crippen molar-refractivity contribution in [1.82, 2.24) is 9.78 Å². The van der Waals surface area contributed by atoms with Crippen molar-refractivity contribution in [2.75, 3.05) is 12.4 Å². The lowest BCUT2D eigenvalue weighted by Crippen LogP contribution is -2.11. The Kier molecular flexibility index (Phi) is 6.99. The van der Waals surface area contributed by atoms with E-state index in [2.05, 4.69) is 5.32 Å². The number of nitrogens with one attached hydrogen (secondary N) is 1. The van der Waals surface area contributed by atoms with Gasteiger partial charge >= 0.3 is 0 Å². The van der Waals surface area contributed by atoms with Gasteiger partial charge in [-0.2, -0.15) is 5.10 Å². The van der Waals surface area contributed by atoms with Gasteiger partial charge in [-0.3, -0.25) is 9.59 Å². The lowest BCUT2D eigenvalue weighted by Gasteiger charge is -2.05. The maximum absolute atomic E-state index is 13.4. The molecule has 4 aromatic carbocycles. The zero-order valence-electron chi connectivity index (χ0n) is 22.2. The van der Waals surface area contributed by atoms with Crippen molar-refractivity contribution in [3.05, 3.63) is 138 Å². The second-order valence-corrected chi connectivity index (χ2v) is 9.26. The third kappa shape index (κ3) is 5.29. The Hall–Kier alpha value is -5.69. The highest BCUT2D eigenvalue weighted by atomic mass is 16.5. The van der Waals surface area contributed by atoms with E-state index < -0.39 is 5.91 Å². The van der Waals surface area contributed by atoms with Gasteiger partial charge in [0.05, 0.1) is 24.2 Å². The van der Waals surface area contributed by atoms with Gasteiger partial charge in [0, 0.05) is 34.3 Å². The van der Waals surface area contributed by atoms with Crippen LogP contribution in [0.1, 0.15) is 21.7 Å². The van der Waals surface area contributed by atoms with Gasteiger partial charge in [0.2, 0.25) is 11.7 Å². The molecule has 0 aliphatic carbocycles. The van der Waals surface area contributed by atoms with Crippen LogP contribution in [0, 0.1) is 0 Å². The van der Waals surface area contributed by atoms with E-state index in [4.69, 9.17) is 14.3 Å². The van der Waals surface area contributed by atoms with Crippen LogP contribution in [0.4, 0.5) is 5.69 Å². The topological polar surface area (TPSA) is 86.4 Å². The molecular weight excluding hydrogens is 514 g/mol. The molecular formula is C34H25N3O4. The fourth-order valence-corrected chi connectivity index (χ4v) is 4.58. The van der Waals surface area contributed by atoms with Gasteiger partial charge in [-0.05, 0) is 54.6 Å². The average Bonchev–Trinajstić information content (AvgIpc) is 3.63. The van der Waals surface area contributed by atoms with Crippen molar-refractivity contribution in [2.45, 2.75) is 0 Å². The lowest BCUT2D eigenvalue weighted by atomic mass is 10.1. The molecule has 2 aromatic heterocycles. The number of hydrogen-bond donors (Lipinski definition) is 1. The van der Waals surface area contributed by atoms with E-state index in [-0.39, 0.29) is 11.5 Å². The largest absolute Gasteiger partial charge is 0.497 e. The maximum Gasteiger partial charge on any atom is 0.248 e. The number of para-hydroxylation sites is 2. The van der Waals surface area contributed by atoms with Gasteiger partial charge in [0.15, 0.2) is 5.76 Å². The molecule has 6 aromatic rings.